The Bertz CT molecular complexity index is 555. The molecule has 0 atom stereocenters. The zero-order valence-corrected chi connectivity index (χ0v) is 13.1. The molecule has 1 nitrogen and oxygen atoms in total. The first-order valence-corrected chi connectivity index (χ1v) is 7.16. The summed E-state index contributed by atoms with van der Waals surface area (Å²) in [6.45, 7) is 0.506. The van der Waals surface area contributed by atoms with E-state index in [0.29, 0.717) is 17.3 Å². The van der Waals surface area contributed by atoms with E-state index in [2.05, 4.69) is 37.2 Å². The lowest BCUT2D eigenvalue weighted by molar-refractivity contribution is 0.630. The minimum Gasteiger partial charge on any atom is -0.377 e. The van der Waals surface area contributed by atoms with Crippen LogP contribution in [0.3, 0.4) is 0 Å². The van der Waals surface area contributed by atoms with E-state index in [1.165, 1.54) is 6.07 Å². The van der Waals surface area contributed by atoms with Crippen LogP contribution in [0.25, 0.3) is 0 Å². The number of hydrogen-bond donors (Lipinski definition) is 1. The molecule has 0 saturated carbocycles. The van der Waals surface area contributed by atoms with Crippen LogP contribution in [-0.2, 0) is 6.54 Å². The van der Waals surface area contributed by atoms with Gasteiger partial charge in [0.15, 0.2) is 0 Å². The second-order valence-electron chi connectivity index (χ2n) is 3.70. The number of rotatable bonds is 3. The number of anilines is 1. The van der Waals surface area contributed by atoms with Gasteiger partial charge in [-0.2, -0.15) is 0 Å². The summed E-state index contributed by atoms with van der Waals surface area (Å²) in [5.41, 5.74) is 1.36. The van der Waals surface area contributed by atoms with Gasteiger partial charge in [0.2, 0.25) is 0 Å². The van der Waals surface area contributed by atoms with Gasteiger partial charge in [0.25, 0.3) is 0 Å². The lowest BCUT2D eigenvalue weighted by Gasteiger charge is -2.10. The van der Waals surface area contributed by atoms with Gasteiger partial charge in [0.1, 0.15) is 5.82 Å². The summed E-state index contributed by atoms with van der Waals surface area (Å²) in [4.78, 5) is 0. The highest BCUT2D eigenvalue weighted by Crippen LogP contribution is 2.27. The summed E-state index contributed by atoms with van der Waals surface area (Å²) < 4.78 is 15.5. The minimum absolute atomic E-state index is 0.332. The second-order valence-corrected chi connectivity index (χ2v) is 5.81. The Kier molecular flexibility index (Phi) is 4.65. The molecule has 0 fully saturated rings. The minimum atomic E-state index is -0.348. The molecule has 0 amide bonds. The van der Waals surface area contributed by atoms with Crippen LogP contribution < -0.4 is 5.32 Å². The van der Waals surface area contributed by atoms with Gasteiger partial charge in [-0.1, -0.05) is 23.7 Å². The van der Waals surface area contributed by atoms with Crippen molar-refractivity contribution in [1.29, 1.82) is 0 Å². The Hall–Kier alpha value is -0.580. The van der Waals surface area contributed by atoms with Crippen molar-refractivity contribution >= 4 is 49.1 Å². The average Bonchev–Trinajstić information content (AvgIpc) is 2.33. The van der Waals surface area contributed by atoms with Crippen molar-refractivity contribution in [1.82, 2.24) is 0 Å². The normalized spacial score (nSPS) is 10.4. The second kappa shape index (κ2) is 6.04. The molecule has 0 spiro atoms. The SMILES string of the molecule is Fc1cccc(Cl)c1NCc1ccc(Br)c(Br)c1. The van der Waals surface area contributed by atoms with Gasteiger partial charge in [0.05, 0.1) is 10.7 Å². The molecular weight excluding hydrogens is 384 g/mol. The molecule has 5 heteroatoms. The largest absolute Gasteiger partial charge is 0.377 e. The molecular formula is C13H9Br2ClFN. The lowest BCUT2D eigenvalue weighted by atomic mass is 10.2. The van der Waals surface area contributed by atoms with Crippen molar-refractivity contribution in [2.24, 2.45) is 0 Å². The topological polar surface area (TPSA) is 12.0 Å². The van der Waals surface area contributed by atoms with Crippen LogP contribution in [0.4, 0.5) is 10.1 Å². The molecule has 0 unspecified atom stereocenters. The Morgan fingerprint density at radius 1 is 1.11 bits per heavy atom. The third-order valence-corrected chi connectivity index (χ3v) is 4.61. The quantitative estimate of drug-likeness (QED) is 0.714. The van der Waals surface area contributed by atoms with E-state index in [-0.39, 0.29) is 5.82 Å². The van der Waals surface area contributed by atoms with Crippen LogP contribution in [0, 0.1) is 5.82 Å². The van der Waals surface area contributed by atoms with Gasteiger partial charge < -0.3 is 5.32 Å². The molecule has 1 N–H and O–H groups in total. The van der Waals surface area contributed by atoms with Crippen molar-refractivity contribution in [3.63, 3.8) is 0 Å². The molecule has 0 aliphatic carbocycles. The van der Waals surface area contributed by atoms with Crippen molar-refractivity contribution in [3.8, 4) is 0 Å². The summed E-state index contributed by atoms with van der Waals surface area (Å²) in [5.74, 6) is -0.348. The van der Waals surface area contributed by atoms with Crippen molar-refractivity contribution in [3.05, 3.63) is 61.7 Å². The zero-order valence-electron chi connectivity index (χ0n) is 9.18. The molecule has 94 valence electrons. The smallest absolute Gasteiger partial charge is 0.147 e. The zero-order chi connectivity index (χ0) is 13.1. The van der Waals surface area contributed by atoms with Crippen LogP contribution in [0.5, 0.6) is 0 Å². The maximum absolute atomic E-state index is 13.5. The lowest BCUT2D eigenvalue weighted by Crippen LogP contribution is -2.02. The third-order valence-electron chi connectivity index (χ3n) is 2.42. The average molecular weight is 393 g/mol. The Morgan fingerprint density at radius 3 is 2.56 bits per heavy atom. The predicted octanol–water partition coefficient (Wildman–Crippen LogP) is 5.62. The first kappa shape index (κ1) is 13.8. The van der Waals surface area contributed by atoms with E-state index in [1.54, 1.807) is 12.1 Å². The molecule has 0 radical (unpaired) electrons. The molecule has 2 aromatic carbocycles. The first-order valence-electron chi connectivity index (χ1n) is 5.20. The Labute approximate surface area is 127 Å². The molecule has 0 aromatic heterocycles. The number of benzene rings is 2. The fourth-order valence-corrected chi connectivity index (χ4v) is 2.41. The molecule has 0 heterocycles. The molecule has 0 aliphatic heterocycles. The standard InChI is InChI=1S/C13H9Br2ClFN/c14-9-5-4-8(6-10(9)15)7-18-13-11(16)2-1-3-12(13)17/h1-6,18H,7H2. The summed E-state index contributed by atoms with van der Waals surface area (Å²) in [6, 6.07) is 10.5. The highest BCUT2D eigenvalue weighted by atomic mass is 79.9. The van der Waals surface area contributed by atoms with Crippen LogP contribution >= 0.6 is 43.5 Å². The van der Waals surface area contributed by atoms with E-state index in [9.17, 15) is 4.39 Å². The number of para-hydroxylation sites is 1. The highest BCUT2D eigenvalue weighted by Gasteiger charge is 2.06. The fraction of sp³-hybridized carbons (Fsp3) is 0.0769. The van der Waals surface area contributed by atoms with Gasteiger partial charge in [-0.3, -0.25) is 0 Å². The highest BCUT2D eigenvalue weighted by molar-refractivity contribution is 9.13. The van der Waals surface area contributed by atoms with Crippen molar-refractivity contribution in [2.45, 2.75) is 6.54 Å². The molecule has 18 heavy (non-hydrogen) atoms. The monoisotopic (exact) mass is 391 g/mol. The third kappa shape index (κ3) is 3.25. The molecule has 0 aliphatic rings. The van der Waals surface area contributed by atoms with E-state index in [4.69, 9.17) is 11.6 Å². The summed E-state index contributed by atoms with van der Waals surface area (Å²) in [7, 11) is 0. The molecule has 2 rings (SSSR count). The number of halogens is 4. The van der Waals surface area contributed by atoms with Gasteiger partial charge >= 0.3 is 0 Å². The van der Waals surface area contributed by atoms with Crippen LogP contribution in [-0.4, -0.2) is 0 Å². The predicted molar refractivity (Wildman–Crippen MR) is 80.6 cm³/mol. The first-order chi connectivity index (χ1) is 8.58. The van der Waals surface area contributed by atoms with Gasteiger partial charge in [-0.25, -0.2) is 4.39 Å². The summed E-state index contributed by atoms with van der Waals surface area (Å²) in [5, 5.41) is 3.38. The number of hydrogen-bond acceptors (Lipinski definition) is 1. The van der Waals surface area contributed by atoms with E-state index in [0.717, 1.165) is 14.5 Å². The van der Waals surface area contributed by atoms with E-state index in [1.807, 2.05) is 18.2 Å². The van der Waals surface area contributed by atoms with Gasteiger partial charge in [0, 0.05) is 15.5 Å². The van der Waals surface area contributed by atoms with Crippen LogP contribution in [0.2, 0.25) is 5.02 Å². The van der Waals surface area contributed by atoms with Crippen molar-refractivity contribution < 1.29 is 4.39 Å². The molecule has 0 saturated heterocycles. The van der Waals surface area contributed by atoms with Crippen LogP contribution in [0.1, 0.15) is 5.56 Å². The van der Waals surface area contributed by atoms with E-state index < -0.39 is 0 Å². The Balaban J connectivity index is 2.14. The summed E-state index contributed by atoms with van der Waals surface area (Å²) >= 11 is 12.8. The molecule has 2 aromatic rings. The Morgan fingerprint density at radius 2 is 1.89 bits per heavy atom. The van der Waals surface area contributed by atoms with Gasteiger partial charge in [-0.05, 0) is 61.7 Å². The van der Waals surface area contributed by atoms with E-state index >= 15 is 0 Å². The molecule has 0 bridgehead atoms. The number of nitrogens with one attached hydrogen (secondary N) is 1. The van der Waals surface area contributed by atoms with Gasteiger partial charge in [-0.15, -0.1) is 0 Å². The van der Waals surface area contributed by atoms with Crippen LogP contribution in [0.15, 0.2) is 45.3 Å². The maximum atomic E-state index is 13.5. The fourth-order valence-electron chi connectivity index (χ4n) is 1.51. The maximum Gasteiger partial charge on any atom is 0.147 e. The van der Waals surface area contributed by atoms with Crippen molar-refractivity contribution in [2.75, 3.05) is 5.32 Å². The summed E-state index contributed by atoms with van der Waals surface area (Å²) in [6.07, 6.45) is 0.